The molecule has 0 amide bonds. The van der Waals surface area contributed by atoms with Crippen LogP contribution in [0.25, 0.3) is 0 Å². The van der Waals surface area contributed by atoms with Crippen LogP contribution in [-0.4, -0.2) is 5.11 Å². The van der Waals surface area contributed by atoms with Gasteiger partial charge in [0.1, 0.15) is 5.76 Å². The third kappa shape index (κ3) is 1.23. The summed E-state index contributed by atoms with van der Waals surface area (Å²) < 4.78 is 0. The van der Waals surface area contributed by atoms with E-state index in [-0.39, 0.29) is 0 Å². The van der Waals surface area contributed by atoms with Crippen LogP contribution in [0.4, 0.5) is 0 Å². The summed E-state index contributed by atoms with van der Waals surface area (Å²) in [6.45, 7) is 8.07. The maximum atomic E-state index is 9.18. The highest BCUT2D eigenvalue weighted by Crippen LogP contribution is 2.31. The summed E-state index contributed by atoms with van der Waals surface area (Å²) >= 11 is 0. The Morgan fingerprint density at radius 2 is 2.30 bits per heavy atom. The van der Waals surface area contributed by atoms with Crippen molar-refractivity contribution in [2.24, 2.45) is 11.8 Å². The van der Waals surface area contributed by atoms with E-state index < -0.39 is 0 Å². The maximum absolute atomic E-state index is 9.18. The first-order chi connectivity index (χ1) is 4.61. The van der Waals surface area contributed by atoms with Crippen LogP contribution >= 0.6 is 0 Å². The van der Waals surface area contributed by atoms with Gasteiger partial charge < -0.3 is 5.11 Å². The molecule has 0 saturated heterocycles. The highest BCUT2D eigenvalue weighted by atomic mass is 16.3. The molecule has 0 aromatic heterocycles. The standard InChI is InChI=1S/C9H14O/c1-6(2)8-4-7(3)9(10)5-8/h5-6,8,10H,3-4H2,1-2H3. The molecule has 0 fully saturated rings. The fourth-order valence-electron chi connectivity index (χ4n) is 1.20. The molecule has 1 nitrogen and oxygen atoms in total. The number of allylic oxidation sites excluding steroid dienone is 2. The molecule has 1 aliphatic carbocycles. The SMILES string of the molecule is C=C1CC(C(C)C)C=C1O. The van der Waals surface area contributed by atoms with Gasteiger partial charge in [0.2, 0.25) is 0 Å². The fraction of sp³-hybridized carbons (Fsp3) is 0.556. The van der Waals surface area contributed by atoms with E-state index in [1.807, 2.05) is 6.08 Å². The fourth-order valence-corrected chi connectivity index (χ4v) is 1.20. The van der Waals surface area contributed by atoms with Crippen LogP contribution in [0.2, 0.25) is 0 Å². The molecule has 1 atom stereocenters. The molecule has 0 saturated carbocycles. The van der Waals surface area contributed by atoms with E-state index in [0.717, 1.165) is 12.0 Å². The minimum Gasteiger partial charge on any atom is -0.508 e. The molecule has 1 heteroatoms. The number of aliphatic hydroxyl groups excluding tert-OH is 1. The van der Waals surface area contributed by atoms with Gasteiger partial charge >= 0.3 is 0 Å². The van der Waals surface area contributed by atoms with Gasteiger partial charge in [-0.25, -0.2) is 0 Å². The smallest absolute Gasteiger partial charge is 0.114 e. The van der Waals surface area contributed by atoms with E-state index in [2.05, 4.69) is 20.4 Å². The van der Waals surface area contributed by atoms with Crippen molar-refractivity contribution in [1.82, 2.24) is 0 Å². The molecular weight excluding hydrogens is 124 g/mol. The third-order valence-corrected chi connectivity index (χ3v) is 2.07. The first-order valence-electron chi connectivity index (χ1n) is 3.70. The molecule has 0 heterocycles. The van der Waals surface area contributed by atoms with E-state index in [9.17, 15) is 5.11 Å². The van der Waals surface area contributed by atoms with Crippen molar-refractivity contribution in [2.45, 2.75) is 20.3 Å². The van der Waals surface area contributed by atoms with Crippen LogP contribution in [0, 0.1) is 11.8 Å². The second kappa shape index (κ2) is 2.49. The van der Waals surface area contributed by atoms with Crippen LogP contribution in [0.5, 0.6) is 0 Å². The van der Waals surface area contributed by atoms with Gasteiger partial charge in [-0.3, -0.25) is 0 Å². The number of hydrogen-bond donors (Lipinski definition) is 1. The van der Waals surface area contributed by atoms with E-state index in [4.69, 9.17) is 0 Å². The monoisotopic (exact) mass is 138 g/mol. The Balaban J connectivity index is 2.65. The van der Waals surface area contributed by atoms with Crippen LogP contribution in [0.3, 0.4) is 0 Å². The molecule has 1 rings (SSSR count). The van der Waals surface area contributed by atoms with Crippen molar-refractivity contribution in [1.29, 1.82) is 0 Å². The zero-order valence-corrected chi connectivity index (χ0v) is 6.59. The Labute approximate surface area is 62.1 Å². The molecule has 10 heavy (non-hydrogen) atoms. The van der Waals surface area contributed by atoms with Gasteiger partial charge in [0.25, 0.3) is 0 Å². The second-order valence-electron chi connectivity index (χ2n) is 3.27. The summed E-state index contributed by atoms with van der Waals surface area (Å²) in [7, 11) is 0. The lowest BCUT2D eigenvalue weighted by molar-refractivity contribution is 0.426. The summed E-state index contributed by atoms with van der Waals surface area (Å²) in [6.07, 6.45) is 2.84. The zero-order valence-electron chi connectivity index (χ0n) is 6.59. The molecule has 0 spiro atoms. The lowest BCUT2D eigenvalue weighted by atomic mass is 9.95. The quantitative estimate of drug-likeness (QED) is 0.590. The van der Waals surface area contributed by atoms with Crippen molar-refractivity contribution in [3.05, 3.63) is 24.0 Å². The van der Waals surface area contributed by atoms with Crippen LogP contribution < -0.4 is 0 Å². The first-order valence-corrected chi connectivity index (χ1v) is 3.70. The molecule has 0 bridgehead atoms. The molecule has 1 unspecified atom stereocenters. The van der Waals surface area contributed by atoms with E-state index >= 15 is 0 Å². The van der Waals surface area contributed by atoms with Crippen LogP contribution in [0.1, 0.15) is 20.3 Å². The Morgan fingerprint density at radius 1 is 1.70 bits per heavy atom. The summed E-state index contributed by atoms with van der Waals surface area (Å²) in [6, 6.07) is 0. The Bertz CT molecular complexity index is 177. The lowest BCUT2D eigenvalue weighted by Crippen LogP contribution is -2.00. The van der Waals surface area contributed by atoms with E-state index in [1.54, 1.807) is 0 Å². The number of aliphatic hydroxyl groups is 1. The van der Waals surface area contributed by atoms with Gasteiger partial charge in [-0.05, 0) is 29.9 Å². The Kier molecular flexibility index (Phi) is 1.84. The Morgan fingerprint density at radius 3 is 2.50 bits per heavy atom. The van der Waals surface area contributed by atoms with Crippen molar-refractivity contribution < 1.29 is 5.11 Å². The van der Waals surface area contributed by atoms with Crippen molar-refractivity contribution in [3.63, 3.8) is 0 Å². The minimum atomic E-state index is 0.402. The predicted molar refractivity (Wildman–Crippen MR) is 42.8 cm³/mol. The highest BCUT2D eigenvalue weighted by Gasteiger charge is 2.20. The minimum absolute atomic E-state index is 0.402. The number of hydrogen-bond acceptors (Lipinski definition) is 1. The van der Waals surface area contributed by atoms with Gasteiger partial charge in [0.15, 0.2) is 0 Å². The molecule has 0 aliphatic heterocycles. The highest BCUT2D eigenvalue weighted by molar-refractivity contribution is 5.29. The second-order valence-corrected chi connectivity index (χ2v) is 3.27. The molecule has 0 aromatic carbocycles. The van der Waals surface area contributed by atoms with Gasteiger partial charge in [-0.2, -0.15) is 0 Å². The normalized spacial score (nSPS) is 25.7. The predicted octanol–water partition coefficient (Wildman–Crippen LogP) is 2.66. The Hall–Kier alpha value is -0.720. The average Bonchev–Trinajstić information content (AvgIpc) is 2.13. The molecule has 56 valence electrons. The van der Waals surface area contributed by atoms with Gasteiger partial charge in [0, 0.05) is 0 Å². The average molecular weight is 138 g/mol. The maximum Gasteiger partial charge on any atom is 0.114 e. The molecular formula is C9H14O. The summed E-state index contributed by atoms with van der Waals surface area (Å²) in [5.41, 5.74) is 0.888. The largest absolute Gasteiger partial charge is 0.508 e. The van der Waals surface area contributed by atoms with Crippen molar-refractivity contribution >= 4 is 0 Å². The summed E-state index contributed by atoms with van der Waals surface area (Å²) in [5.74, 6) is 1.52. The summed E-state index contributed by atoms with van der Waals surface area (Å²) in [5, 5.41) is 9.18. The zero-order chi connectivity index (χ0) is 7.72. The lowest BCUT2D eigenvalue weighted by Gasteiger charge is -2.09. The van der Waals surface area contributed by atoms with Gasteiger partial charge in [-0.1, -0.05) is 20.4 Å². The summed E-state index contributed by atoms with van der Waals surface area (Å²) in [4.78, 5) is 0. The third-order valence-electron chi connectivity index (χ3n) is 2.07. The molecule has 1 aliphatic rings. The van der Waals surface area contributed by atoms with Crippen molar-refractivity contribution in [2.75, 3.05) is 0 Å². The molecule has 0 radical (unpaired) electrons. The number of rotatable bonds is 1. The van der Waals surface area contributed by atoms with E-state index in [0.29, 0.717) is 17.6 Å². The molecule has 1 N–H and O–H groups in total. The topological polar surface area (TPSA) is 20.2 Å². The molecule has 0 aromatic rings. The van der Waals surface area contributed by atoms with Gasteiger partial charge in [-0.15, -0.1) is 0 Å². The van der Waals surface area contributed by atoms with Crippen LogP contribution in [0.15, 0.2) is 24.0 Å². The van der Waals surface area contributed by atoms with Crippen LogP contribution in [-0.2, 0) is 0 Å². The first kappa shape index (κ1) is 7.39. The van der Waals surface area contributed by atoms with Crippen molar-refractivity contribution in [3.8, 4) is 0 Å². The van der Waals surface area contributed by atoms with E-state index in [1.165, 1.54) is 0 Å². The van der Waals surface area contributed by atoms with Gasteiger partial charge in [0.05, 0.1) is 0 Å².